The van der Waals surface area contributed by atoms with Crippen molar-refractivity contribution in [2.75, 3.05) is 13.1 Å². The van der Waals surface area contributed by atoms with Gasteiger partial charge in [-0.15, -0.1) is 0 Å². The third-order valence-corrected chi connectivity index (χ3v) is 7.10. The van der Waals surface area contributed by atoms with Crippen LogP contribution in [-0.2, 0) is 0 Å². The number of rotatable bonds is 5. The van der Waals surface area contributed by atoms with E-state index in [2.05, 4.69) is 41.3 Å². The second-order valence-electron chi connectivity index (χ2n) is 8.63. The molecule has 0 spiro atoms. The number of ether oxygens (including phenoxy) is 1. The first-order valence-corrected chi connectivity index (χ1v) is 11.9. The molecule has 1 saturated heterocycles. The van der Waals surface area contributed by atoms with Crippen LogP contribution in [0.5, 0.6) is 5.75 Å². The lowest BCUT2D eigenvalue weighted by Crippen LogP contribution is -2.41. The zero-order valence-electron chi connectivity index (χ0n) is 17.8. The Hall–Kier alpha value is -2.17. The Labute approximate surface area is 183 Å². The largest absolute Gasteiger partial charge is 0.491 e. The second kappa shape index (κ2) is 8.52. The summed E-state index contributed by atoms with van der Waals surface area (Å²) in [5, 5.41) is 1.23. The molecule has 3 nitrogen and oxygen atoms in total. The highest BCUT2D eigenvalue weighted by atomic mass is 32.2. The SMILES string of the molecule is CC(C)Oc1ccc(Sc2ccc3occ(C4=CCN5CCCCC5C4)c3c2)cc1. The maximum absolute atomic E-state index is 5.92. The molecule has 2 aliphatic heterocycles. The van der Waals surface area contributed by atoms with Crippen LogP contribution in [0.15, 0.2) is 69.0 Å². The number of nitrogens with zero attached hydrogens (tertiary/aromatic N) is 1. The van der Waals surface area contributed by atoms with E-state index in [1.807, 2.05) is 32.2 Å². The minimum Gasteiger partial charge on any atom is -0.491 e. The lowest BCUT2D eigenvalue weighted by atomic mass is 9.89. The van der Waals surface area contributed by atoms with Gasteiger partial charge < -0.3 is 9.15 Å². The maximum atomic E-state index is 5.92. The molecule has 3 aromatic rings. The zero-order valence-corrected chi connectivity index (χ0v) is 18.6. The molecule has 0 aliphatic carbocycles. The molecule has 1 aromatic heterocycles. The minimum atomic E-state index is 0.195. The second-order valence-corrected chi connectivity index (χ2v) is 9.77. The molecule has 4 heteroatoms. The standard InChI is InChI=1S/C26H29NO2S/c1-18(2)29-21-6-8-22(9-7-21)30-23-10-11-26-24(16-23)25(17-28-26)19-12-14-27-13-4-3-5-20(27)15-19/h6-12,16-18,20H,3-5,13-15H2,1-2H3. The van der Waals surface area contributed by atoms with Gasteiger partial charge in [-0.3, -0.25) is 4.90 Å². The normalized spacial score (nSPS) is 19.7. The molecule has 156 valence electrons. The quantitative estimate of drug-likeness (QED) is 0.444. The van der Waals surface area contributed by atoms with Crippen molar-refractivity contribution in [1.29, 1.82) is 0 Å². The monoisotopic (exact) mass is 419 g/mol. The van der Waals surface area contributed by atoms with E-state index in [1.54, 1.807) is 11.8 Å². The van der Waals surface area contributed by atoms with Crippen LogP contribution in [0.2, 0.25) is 0 Å². The van der Waals surface area contributed by atoms with Gasteiger partial charge >= 0.3 is 0 Å². The number of hydrogen-bond donors (Lipinski definition) is 0. The third kappa shape index (κ3) is 4.17. The molecule has 30 heavy (non-hydrogen) atoms. The average molecular weight is 420 g/mol. The van der Waals surface area contributed by atoms with Crippen molar-refractivity contribution in [2.24, 2.45) is 0 Å². The molecule has 0 N–H and O–H groups in total. The number of fused-ring (bicyclic) bond motifs is 2. The van der Waals surface area contributed by atoms with Crippen molar-refractivity contribution in [3.63, 3.8) is 0 Å². The van der Waals surface area contributed by atoms with Crippen LogP contribution in [0.1, 0.15) is 45.1 Å². The van der Waals surface area contributed by atoms with Crippen molar-refractivity contribution in [3.8, 4) is 5.75 Å². The Bertz CT molecular complexity index is 1050. The Morgan fingerprint density at radius 1 is 1.07 bits per heavy atom. The van der Waals surface area contributed by atoms with Gasteiger partial charge in [0.25, 0.3) is 0 Å². The molecular formula is C26H29NO2S. The van der Waals surface area contributed by atoms with E-state index in [0.29, 0.717) is 6.04 Å². The smallest absolute Gasteiger partial charge is 0.134 e. The molecule has 0 saturated carbocycles. The van der Waals surface area contributed by atoms with Gasteiger partial charge in [0.2, 0.25) is 0 Å². The van der Waals surface area contributed by atoms with Crippen LogP contribution in [0.25, 0.3) is 16.5 Å². The van der Waals surface area contributed by atoms with Crippen molar-refractivity contribution < 1.29 is 9.15 Å². The summed E-state index contributed by atoms with van der Waals surface area (Å²) in [4.78, 5) is 5.09. The summed E-state index contributed by atoms with van der Waals surface area (Å²) in [6, 6.07) is 15.6. The Morgan fingerprint density at radius 3 is 2.73 bits per heavy atom. The summed E-state index contributed by atoms with van der Waals surface area (Å²) >= 11 is 1.78. The van der Waals surface area contributed by atoms with Gasteiger partial charge in [-0.1, -0.05) is 24.3 Å². The lowest BCUT2D eigenvalue weighted by molar-refractivity contribution is 0.161. The molecule has 3 heterocycles. The van der Waals surface area contributed by atoms with E-state index >= 15 is 0 Å². The summed E-state index contributed by atoms with van der Waals surface area (Å²) in [5.74, 6) is 0.919. The van der Waals surface area contributed by atoms with E-state index in [9.17, 15) is 0 Å². The van der Waals surface area contributed by atoms with Crippen molar-refractivity contribution in [3.05, 3.63) is 60.4 Å². The van der Waals surface area contributed by atoms with Crippen LogP contribution in [0, 0.1) is 0 Å². The van der Waals surface area contributed by atoms with E-state index in [1.165, 1.54) is 52.1 Å². The molecule has 5 rings (SSSR count). The highest BCUT2D eigenvalue weighted by molar-refractivity contribution is 7.99. The zero-order chi connectivity index (χ0) is 20.5. The fourth-order valence-electron chi connectivity index (χ4n) is 4.63. The average Bonchev–Trinajstić information content (AvgIpc) is 3.18. The molecule has 2 aromatic carbocycles. The number of piperidine rings is 1. The molecular weight excluding hydrogens is 390 g/mol. The summed E-state index contributed by atoms with van der Waals surface area (Å²) < 4.78 is 11.7. The number of hydrogen-bond acceptors (Lipinski definition) is 4. The Kier molecular flexibility index (Phi) is 5.62. The Balaban J connectivity index is 1.37. The van der Waals surface area contributed by atoms with Gasteiger partial charge in [0.05, 0.1) is 12.4 Å². The van der Waals surface area contributed by atoms with Crippen LogP contribution in [-0.4, -0.2) is 30.1 Å². The van der Waals surface area contributed by atoms with Crippen LogP contribution >= 0.6 is 11.8 Å². The van der Waals surface area contributed by atoms with Gasteiger partial charge in [-0.05, 0) is 87.7 Å². The van der Waals surface area contributed by atoms with E-state index in [4.69, 9.17) is 9.15 Å². The molecule has 0 bridgehead atoms. The topological polar surface area (TPSA) is 25.6 Å². The molecule has 1 fully saturated rings. The van der Waals surface area contributed by atoms with Crippen molar-refractivity contribution >= 4 is 28.3 Å². The Morgan fingerprint density at radius 2 is 1.90 bits per heavy atom. The van der Waals surface area contributed by atoms with Gasteiger partial charge in [0.15, 0.2) is 0 Å². The fourth-order valence-corrected chi connectivity index (χ4v) is 5.49. The van der Waals surface area contributed by atoms with Crippen LogP contribution < -0.4 is 4.74 Å². The highest BCUT2D eigenvalue weighted by Gasteiger charge is 2.27. The molecule has 1 unspecified atom stereocenters. The summed E-state index contributed by atoms with van der Waals surface area (Å²) in [5.41, 5.74) is 3.70. The summed E-state index contributed by atoms with van der Waals surface area (Å²) in [6.07, 6.45) is 9.75. The number of benzene rings is 2. The predicted molar refractivity (Wildman–Crippen MR) is 124 cm³/mol. The van der Waals surface area contributed by atoms with Gasteiger partial charge in [0, 0.05) is 33.3 Å². The van der Waals surface area contributed by atoms with E-state index < -0.39 is 0 Å². The maximum Gasteiger partial charge on any atom is 0.134 e. The van der Waals surface area contributed by atoms with Crippen LogP contribution in [0.4, 0.5) is 0 Å². The fraction of sp³-hybridized carbons (Fsp3) is 0.385. The lowest BCUT2D eigenvalue weighted by Gasteiger charge is -2.38. The molecule has 0 radical (unpaired) electrons. The minimum absolute atomic E-state index is 0.195. The van der Waals surface area contributed by atoms with E-state index in [0.717, 1.165) is 24.3 Å². The first kappa shape index (κ1) is 19.8. The molecule has 1 atom stereocenters. The van der Waals surface area contributed by atoms with Gasteiger partial charge in [0.1, 0.15) is 11.3 Å². The number of furan rings is 1. The highest BCUT2D eigenvalue weighted by Crippen LogP contribution is 2.38. The summed E-state index contributed by atoms with van der Waals surface area (Å²) in [6.45, 7) is 6.43. The van der Waals surface area contributed by atoms with Gasteiger partial charge in [-0.2, -0.15) is 0 Å². The first-order chi connectivity index (χ1) is 14.7. The molecule has 2 aliphatic rings. The van der Waals surface area contributed by atoms with Crippen molar-refractivity contribution in [1.82, 2.24) is 4.90 Å². The van der Waals surface area contributed by atoms with Crippen LogP contribution in [0.3, 0.4) is 0 Å². The summed E-state index contributed by atoms with van der Waals surface area (Å²) in [7, 11) is 0. The molecule has 0 amide bonds. The van der Waals surface area contributed by atoms with E-state index in [-0.39, 0.29) is 6.10 Å². The van der Waals surface area contributed by atoms with Gasteiger partial charge in [-0.25, -0.2) is 0 Å². The third-order valence-electron chi connectivity index (χ3n) is 6.10. The van der Waals surface area contributed by atoms with Crippen molar-refractivity contribution in [2.45, 2.75) is 61.5 Å². The predicted octanol–water partition coefficient (Wildman–Crippen LogP) is 7.01. The first-order valence-electron chi connectivity index (χ1n) is 11.0.